The number of aliphatic hydroxyl groups excluding tert-OH is 1. The highest BCUT2D eigenvalue weighted by Gasteiger charge is 2.03. The fourth-order valence-corrected chi connectivity index (χ4v) is 0.847. The molecule has 76 valence electrons. The Morgan fingerprint density at radius 1 is 1.86 bits per heavy atom. The first-order chi connectivity index (χ1) is 6.68. The lowest BCUT2D eigenvalue weighted by atomic mass is 10.3. The Kier molecular flexibility index (Phi) is 3.87. The minimum Gasteiger partial charge on any atom is -0.463 e. The molecule has 14 heavy (non-hydrogen) atoms. The molecule has 1 rings (SSSR count). The van der Waals surface area contributed by atoms with Crippen LogP contribution in [0.5, 0.6) is 0 Å². The Bertz CT molecular complexity index is 304. The van der Waals surface area contributed by atoms with Crippen molar-refractivity contribution >= 4 is 12.1 Å². The van der Waals surface area contributed by atoms with Crippen LogP contribution in [-0.4, -0.2) is 23.3 Å². The molecule has 1 heterocycles. The summed E-state index contributed by atoms with van der Waals surface area (Å²) in [5.41, 5.74) is 2.26. The summed E-state index contributed by atoms with van der Waals surface area (Å²) in [6.45, 7) is 1.54. The van der Waals surface area contributed by atoms with Crippen LogP contribution >= 0.6 is 0 Å². The number of hydrazone groups is 1. The van der Waals surface area contributed by atoms with Crippen molar-refractivity contribution in [2.24, 2.45) is 5.10 Å². The molecule has 1 atom stereocenters. The average molecular weight is 196 g/mol. The summed E-state index contributed by atoms with van der Waals surface area (Å²) in [5.74, 6) is 0.227. The van der Waals surface area contributed by atoms with E-state index < -0.39 is 6.10 Å². The summed E-state index contributed by atoms with van der Waals surface area (Å²) in [7, 11) is 0. The molecule has 0 aromatic carbocycles. The Morgan fingerprint density at radius 2 is 2.64 bits per heavy atom. The number of amides is 1. The van der Waals surface area contributed by atoms with Gasteiger partial charge in [-0.25, -0.2) is 5.43 Å². The van der Waals surface area contributed by atoms with E-state index in [2.05, 4.69) is 10.5 Å². The van der Waals surface area contributed by atoms with Gasteiger partial charge in [-0.15, -0.1) is 0 Å². The number of nitrogens with zero attached hydrogens (tertiary/aromatic N) is 1. The van der Waals surface area contributed by atoms with Gasteiger partial charge in [-0.2, -0.15) is 5.10 Å². The van der Waals surface area contributed by atoms with Crippen LogP contribution in [0.2, 0.25) is 0 Å². The molecule has 1 aromatic rings. The highest BCUT2D eigenvalue weighted by Crippen LogP contribution is 1.94. The van der Waals surface area contributed by atoms with Gasteiger partial charge in [0.25, 0.3) is 0 Å². The Hall–Kier alpha value is -1.62. The molecular formula is C9H12N2O3. The molecule has 0 saturated heterocycles. The second kappa shape index (κ2) is 5.18. The second-order valence-electron chi connectivity index (χ2n) is 2.86. The number of furan rings is 1. The number of carbonyl (C=O) groups is 1. The summed E-state index contributed by atoms with van der Waals surface area (Å²) in [6, 6.07) is 3.43. The van der Waals surface area contributed by atoms with E-state index >= 15 is 0 Å². The summed E-state index contributed by atoms with van der Waals surface area (Å²) < 4.78 is 4.95. The number of rotatable bonds is 4. The predicted molar refractivity (Wildman–Crippen MR) is 50.7 cm³/mol. The van der Waals surface area contributed by atoms with Crippen LogP contribution in [0, 0.1) is 0 Å². The maximum Gasteiger partial charge on any atom is 0.242 e. The van der Waals surface area contributed by atoms with E-state index in [4.69, 9.17) is 9.52 Å². The third-order valence-corrected chi connectivity index (χ3v) is 1.41. The van der Waals surface area contributed by atoms with Gasteiger partial charge < -0.3 is 9.52 Å². The maximum atomic E-state index is 11.0. The summed E-state index contributed by atoms with van der Waals surface area (Å²) in [6.07, 6.45) is 2.28. The summed E-state index contributed by atoms with van der Waals surface area (Å²) in [4.78, 5) is 11.0. The van der Waals surface area contributed by atoms with Gasteiger partial charge in [-0.05, 0) is 19.1 Å². The van der Waals surface area contributed by atoms with Crippen LogP contribution in [-0.2, 0) is 4.79 Å². The number of aliphatic hydroxyl groups is 1. The fourth-order valence-electron chi connectivity index (χ4n) is 0.847. The van der Waals surface area contributed by atoms with Crippen molar-refractivity contribution in [1.29, 1.82) is 0 Å². The molecule has 5 heteroatoms. The smallest absolute Gasteiger partial charge is 0.242 e. The topological polar surface area (TPSA) is 74.8 Å². The van der Waals surface area contributed by atoms with E-state index in [1.54, 1.807) is 12.1 Å². The Labute approximate surface area is 81.4 Å². The van der Waals surface area contributed by atoms with E-state index in [9.17, 15) is 4.79 Å². The fraction of sp³-hybridized carbons (Fsp3) is 0.333. The van der Waals surface area contributed by atoms with E-state index in [1.807, 2.05) is 0 Å². The Morgan fingerprint density at radius 3 is 3.21 bits per heavy atom. The molecule has 0 fully saturated rings. The van der Waals surface area contributed by atoms with Gasteiger partial charge in [-0.1, -0.05) is 0 Å². The Balaban J connectivity index is 2.30. The predicted octanol–water partition coefficient (Wildman–Crippen LogP) is 0.501. The molecular weight excluding hydrogens is 184 g/mol. The van der Waals surface area contributed by atoms with Crippen LogP contribution < -0.4 is 5.43 Å². The first kappa shape index (κ1) is 10.5. The molecule has 0 unspecified atom stereocenters. The number of hydrogen-bond acceptors (Lipinski definition) is 4. The normalized spacial score (nSPS) is 13.0. The zero-order valence-electron chi connectivity index (χ0n) is 7.80. The van der Waals surface area contributed by atoms with Gasteiger partial charge in [-0.3, -0.25) is 4.79 Å². The lowest BCUT2D eigenvalue weighted by molar-refractivity contribution is -0.122. The van der Waals surface area contributed by atoms with Crippen LogP contribution in [0.15, 0.2) is 27.9 Å². The van der Waals surface area contributed by atoms with Crippen molar-refractivity contribution < 1.29 is 14.3 Å². The van der Waals surface area contributed by atoms with Crippen LogP contribution in [0.1, 0.15) is 19.1 Å². The molecule has 0 saturated carbocycles. The minimum atomic E-state index is -0.659. The van der Waals surface area contributed by atoms with Crippen molar-refractivity contribution in [3.63, 3.8) is 0 Å². The molecule has 2 N–H and O–H groups in total. The number of carbonyl (C=O) groups excluding carboxylic acids is 1. The lowest BCUT2D eigenvalue weighted by Crippen LogP contribution is -2.21. The van der Waals surface area contributed by atoms with Gasteiger partial charge >= 0.3 is 0 Å². The van der Waals surface area contributed by atoms with Crippen molar-refractivity contribution in [3.05, 3.63) is 24.2 Å². The van der Waals surface area contributed by atoms with Gasteiger partial charge in [0.1, 0.15) is 5.76 Å². The summed E-state index contributed by atoms with van der Waals surface area (Å²) in [5, 5.41) is 12.5. The van der Waals surface area contributed by atoms with Gasteiger partial charge in [0, 0.05) is 0 Å². The van der Waals surface area contributed by atoms with Crippen LogP contribution in [0.4, 0.5) is 0 Å². The van der Waals surface area contributed by atoms with Crippen molar-refractivity contribution in [3.8, 4) is 0 Å². The van der Waals surface area contributed by atoms with Crippen molar-refractivity contribution in [1.82, 2.24) is 5.43 Å². The molecule has 0 radical (unpaired) electrons. The second-order valence-corrected chi connectivity index (χ2v) is 2.86. The first-order valence-corrected chi connectivity index (χ1v) is 4.22. The highest BCUT2D eigenvalue weighted by molar-refractivity contribution is 5.80. The standard InChI is InChI=1S/C9H12N2O3/c1-7(12)5-9(13)11-10-6-8-3-2-4-14-8/h2-4,6-7,12H,5H2,1H3,(H,11,13)/b10-6-/t7-/m0/s1. The largest absolute Gasteiger partial charge is 0.463 e. The molecule has 0 aliphatic heterocycles. The third kappa shape index (κ3) is 3.86. The quantitative estimate of drug-likeness (QED) is 0.544. The molecule has 1 amide bonds. The number of hydrogen-bond donors (Lipinski definition) is 2. The molecule has 0 aliphatic rings. The molecule has 1 aromatic heterocycles. The van der Waals surface area contributed by atoms with E-state index in [1.165, 1.54) is 19.4 Å². The molecule has 5 nitrogen and oxygen atoms in total. The van der Waals surface area contributed by atoms with Crippen molar-refractivity contribution in [2.75, 3.05) is 0 Å². The maximum absolute atomic E-state index is 11.0. The highest BCUT2D eigenvalue weighted by atomic mass is 16.3. The SMILES string of the molecule is C[C@H](O)CC(=O)N/N=C\c1ccco1. The van der Waals surface area contributed by atoms with E-state index in [-0.39, 0.29) is 12.3 Å². The van der Waals surface area contributed by atoms with Crippen molar-refractivity contribution in [2.45, 2.75) is 19.4 Å². The molecule has 0 spiro atoms. The third-order valence-electron chi connectivity index (χ3n) is 1.41. The van der Waals surface area contributed by atoms with Gasteiger partial charge in [0.05, 0.1) is 25.0 Å². The van der Waals surface area contributed by atoms with Gasteiger partial charge in [0.15, 0.2) is 0 Å². The number of nitrogens with one attached hydrogen (secondary N) is 1. The molecule has 0 aliphatic carbocycles. The zero-order chi connectivity index (χ0) is 10.4. The van der Waals surface area contributed by atoms with Crippen LogP contribution in [0.3, 0.4) is 0 Å². The van der Waals surface area contributed by atoms with E-state index in [0.717, 1.165) is 0 Å². The van der Waals surface area contributed by atoms with Crippen LogP contribution in [0.25, 0.3) is 0 Å². The van der Waals surface area contributed by atoms with E-state index in [0.29, 0.717) is 5.76 Å². The summed E-state index contributed by atoms with van der Waals surface area (Å²) >= 11 is 0. The monoisotopic (exact) mass is 196 g/mol. The van der Waals surface area contributed by atoms with Gasteiger partial charge in [0.2, 0.25) is 5.91 Å². The first-order valence-electron chi connectivity index (χ1n) is 4.22. The minimum absolute atomic E-state index is 0.0372. The average Bonchev–Trinajstić information content (AvgIpc) is 2.55. The lowest BCUT2D eigenvalue weighted by Gasteiger charge is -2.00. The zero-order valence-corrected chi connectivity index (χ0v) is 7.80. The molecule has 0 bridgehead atoms.